The molecule has 2 heterocycles. The van der Waals surface area contributed by atoms with E-state index < -0.39 is 22.8 Å². The number of rotatable bonds is 8. The van der Waals surface area contributed by atoms with Crippen LogP contribution in [0.3, 0.4) is 0 Å². The van der Waals surface area contributed by atoms with E-state index in [1.54, 1.807) is 36.8 Å². The van der Waals surface area contributed by atoms with Crippen LogP contribution in [0, 0.1) is 0 Å². The lowest BCUT2D eigenvalue weighted by atomic mass is 9.87. The normalized spacial score (nSPS) is 16.8. The number of carbonyl (C=O) groups is 1. The molecule has 0 bridgehead atoms. The van der Waals surface area contributed by atoms with Crippen LogP contribution < -0.4 is 9.04 Å². The van der Waals surface area contributed by atoms with Crippen molar-refractivity contribution in [1.29, 1.82) is 0 Å². The van der Waals surface area contributed by atoms with Gasteiger partial charge in [-0.25, -0.2) is 14.0 Å². The third kappa shape index (κ3) is 4.93. The molecule has 0 radical (unpaired) electrons. The van der Waals surface area contributed by atoms with E-state index in [1.807, 2.05) is 41.8 Å². The Labute approximate surface area is 198 Å². The summed E-state index contributed by atoms with van der Waals surface area (Å²) in [7, 11) is 1.61. The molecule has 174 valence electrons. The van der Waals surface area contributed by atoms with Gasteiger partial charge in [-0.15, -0.1) is 11.3 Å². The summed E-state index contributed by atoms with van der Waals surface area (Å²) in [6, 6.07) is 14.6. The molecular weight excluding hydrogens is 462 g/mol. The van der Waals surface area contributed by atoms with Crippen LogP contribution in [0.15, 0.2) is 60.1 Å². The number of nitrogens with zero attached hydrogens (tertiary/aromatic N) is 3. The van der Waals surface area contributed by atoms with Gasteiger partial charge in [0.15, 0.2) is 5.54 Å². The molecule has 2 N–H and O–H groups in total. The molecule has 8 nitrogen and oxygen atoms in total. The van der Waals surface area contributed by atoms with Gasteiger partial charge in [-0.2, -0.15) is 0 Å². The standard InChI is InChI=1S/C23H25N3O5S2/c1-31-20-8-4-18(5-9-20)17-2-6-19(7-3-17)26(33(29)30)23(22(27)28)10-13-25(14-11-23)16-21-24-12-15-32-21/h2-9,12,15H,10-11,13-14,16H2,1H3,(H,27,28)(H,29,30). The second-order valence-electron chi connectivity index (χ2n) is 7.84. The van der Waals surface area contributed by atoms with Crippen LogP contribution in [0.2, 0.25) is 0 Å². The molecule has 2 aromatic carbocycles. The van der Waals surface area contributed by atoms with Crippen LogP contribution in [-0.4, -0.2) is 55.5 Å². The summed E-state index contributed by atoms with van der Waals surface area (Å²) in [5.41, 5.74) is 0.791. The molecule has 0 amide bonds. The van der Waals surface area contributed by atoms with Gasteiger partial charge in [0.25, 0.3) is 11.3 Å². The Morgan fingerprint density at radius 3 is 2.24 bits per heavy atom. The summed E-state index contributed by atoms with van der Waals surface area (Å²) in [6.07, 6.45) is 2.19. The molecular formula is C23H25N3O5S2. The van der Waals surface area contributed by atoms with Crippen molar-refractivity contribution < 1.29 is 23.4 Å². The summed E-state index contributed by atoms with van der Waals surface area (Å²) in [4.78, 5) is 18.9. The van der Waals surface area contributed by atoms with Gasteiger partial charge in [-0.3, -0.25) is 13.8 Å². The first-order valence-electron chi connectivity index (χ1n) is 10.4. The van der Waals surface area contributed by atoms with Gasteiger partial charge in [0.1, 0.15) is 10.8 Å². The molecule has 0 saturated carbocycles. The minimum Gasteiger partial charge on any atom is -0.497 e. The van der Waals surface area contributed by atoms with E-state index in [4.69, 9.17) is 4.74 Å². The maximum absolute atomic E-state index is 12.4. The molecule has 1 atom stereocenters. The molecule has 4 rings (SSSR count). The fourth-order valence-corrected chi connectivity index (χ4v) is 5.69. The van der Waals surface area contributed by atoms with Crippen molar-refractivity contribution in [3.05, 3.63) is 65.1 Å². The molecule has 33 heavy (non-hydrogen) atoms. The molecule has 0 spiro atoms. The van der Waals surface area contributed by atoms with E-state index in [0.29, 0.717) is 25.3 Å². The molecule has 1 saturated heterocycles. The Morgan fingerprint density at radius 2 is 1.76 bits per heavy atom. The summed E-state index contributed by atoms with van der Waals surface area (Å²) in [5.74, 6) is -0.347. The van der Waals surface area contributed by atoms with E-state index >= 15 is 0 Å². The van der Waals surface area contributed by atoms with Gasteiger partial charge in [-0.1, -0.05) is 24.3 Å². The van der Waals surface area contributed by atoms with Crippen molar-refractivity contribution in [2.75, 3.05) is 24.5 Å². The smallest absolute Gasteiger partial charge is 0.330 e. The van der Waals surface area contributed by atoms with E-state index in [2.05, 4.69) is 9.88 Å². The number of anilines is 1. The van der Waals surface area contributed by atoms with Crippen LogP contribution in [0.5, 0.6) is 5.75 Å². The van der Waals surface area contributed by atoms with Gasteiger partial charge >= 0.3 is 5.97 Å². The number of methoxy groups -OCH3 is 1. The highest BCUT2D eigenvalue weighted by Gasteiger charge is 2.49. The lowest BCUT2D eigenvalue weighted by Gasteiger charge is -2.44. The zero-order valence-electron chi connectivity index (χ0n) is 18.1. The maximum atomic E-state index is 12.4. The first kappa shape index (κ1) is 23.4. The SMILES string of the molecule is COc1ccc(-c2ccc(N(S(=O)O)C3(C(=O)O)CCN(Cc4nccs4)CC3)cc2)cc1. The molecule has 10 heteroatoms. The van der Waals surface area contributed by atoms with Crippen molar-refractivity contribution >= 4 is 34.3 Å². The highest BCUT2D eigenvalue weighted by atomic mass is 32.2. The van der Waals surface area contributed by atoms with Crippen molar-refractivity contribution in [2.24, 2.45) is 0 Å². The predicted octanol–water partition coefficient (Wildman–Crippen LogP) is 3.88. The Balaban J connectivity index is 1.56. The molecule has 1 fully saturated rings. The van der Waals surface area contributed by atoms with E-state index in [0.717, 1.165) is 26.2 Å². The lowest BCUT2D eigenvalue weighted by Crippen LogP contribution is -2.60. The molecule has 1 aliphatic heterocycles. The number of aromatic nitrogens is 1. The van der Waals surface area contributed by atoms with Gasteiger partial charge in [0, 0.05) is 24.7 Å². The number of hydrogen-bond donors (Lipinski definition) is 2. The number of aliphatic carboxylic acids is 1. The summed E-state index contributed by atoms with van der Waals surface area (Å²) < 4.78 is 28.9. The predicted molar refractivity (Wildman–Crippen MR) is 129 cm³/mol. The second-order valence-corrected chi connectivity index (χ2v) is 9.64. The Hall–Kier alpha value is -2.79. The zero-order chi connectivity index (χ0) is 23.4. The summed E-state index contributed by atoms with van der Waals surface area (Å²) >= 11 is -0.946. The molecule has 0 aliphatic carbocycles. The van der Waals surface area contributed by atoms with E-state index in [9.17, 15) is 18.7 Å². The molecule has 1 aromatic heterocycles. The van der Waals surface area contributed by atoms with E-state index in [-0.39, 0.29) is 12.8 Å². The number of thiazole rings is 1. The monoisotopic (exact) mass is 487 g/mol. The second kappa shape index (κ2) is 10.0. The Bertz CT molecular complexity index is 1100. The van der Waals surface area contributed by atoms with Crippen LogP contribution in [0.1, 0.15) is 17.8 Å². The number of benzene rings is 2. The van der Waals surface area contributed by atoms with Crippen LogP contribution >= 0.6 is 11.3 Å². The number of carboxylic acid groups (broad SMARTS) is 1. The van der Waals surface area contributed by atoms with Crippen molar-refractivity contribution in [1.82, 2.24) is 9.88 Å². The molecule has 1 unspecified atom stereocenters. The van der Waals surface area contributed by atoms with Gasteiger partial charge in [0.05, 0.1) is 19.3 Å². The largest absolute Gasteiger partial charge is 0.497 e. The van der Waals surface area contributed by atoms with Crippen molar-refractivity contribution in [3.8, 4) is 16.9 Å². The summed E-state index contributed by atoms with van der Waals surface area (Å²) in [5, 5.41) is 13.0. The minimum atomic E-state index is -2.50. The molecule has 3 aromatic rings. The number of likely N-dealkylation sites (tertiary alicyclic amines) is 1. The number of carboxylic acids is 1. The minimum absolute atomic E-state index is 0.222. The van der Waals surface area contributed by atoms with Gasteiger partial charge in [0.2, 0.25) is 0 Å². The van der Waals surface area contributed by atoms with Crippen molar-refractivity contribution in [2.45, 2.75) is 24.9 Å². The fourth-order valence-electron chi connectivity index (χ4n) is 4.17. The average Bonchev–Trinajstić information content (AvgIpc) is 3.34. The third-order valence-corrected chi connectivity index (χ3v) is 7.63. The summed E-state index contributed by atoms with van der Waals surface area (Å²) in [6.45, 7) is 1.62. The Kier molecular flexibility index (Phi) is 7.08. The Morgan fingerprint density at radius 1 is 1.15 bits per heavy atom. The van der Waals surface area contributed by atoms with Gasteiger partial charge < -0.3 is 9.84 Å². The molecule has 1 aliphatic rings. The number of hydrogen-bond acceptors (Lipinski definition) is 6. The van der Waals surface area contributed by atoms with Crippen LogP contribution in [-0.2, 0) is 22.6 Å². The first-order chi connectivity index (χ1) is 15.9. The lowest BCUT2D eigenvalue weighted by molar-refractivity contribution is -0.144. The van der Waals surface area contributed by atoms with Crippen LogP contribution in [0.4, 0.5) is 5.69 Å². The average molecular weight is 488 g/mol. The van der Waals surface area contributed by atoms with Gasteiger partial charge in [-0.05, 0) is 48.2 Å². The van der Waals surface area contributed by atoms with Crippen LogP contribution in [0.25, 0.3) is 11.1 Å². The van der Waals surface area contributed by atoms with Crippen molar-refractivity contribution in [3.63, 3.8) is 0 Å². The highest BCUT2D eigenvalue weighted by molar-refractivity contribution is 7.80. The quantitative estimate of drug-likeness (QED) is 0.465. The first-order valence-corrected chi connectivity index (χ1v) is 12.4. The zero-order valence-corrected chi connectivity index (χ0v) is 19.7. The van der Waals surface area contributed by atoms with E-state index in [1.165, 1.54) is 0 Å². The topological polar surface area (TPSA) is 103 Å². The highest BCUT2D eigenvalue weighted by Crippen LogP contribution is 2.36. The maximum Gasteiger partial charge on any atom is 0.330 e. The number of piperidine rings is 1. The fraction of sp³-hybridized carbons (Fsp3) is 0.304. The third-order valence-electron chi connectivity index (χ3n) is 5.99. The number of ether oxygens (including phenoxy) is 1.